The van der Waals surface area contributed by atoms with Gasteiger partial charge in [0.25, 0.3) is 11.8 Å². The predicted octanol–water partition coefficient (Wildman–Crippen LogP) is 2.86. The fourth-order valence-corrected chi connectivity index (χ4v) is 4.36. The lowest BCUT2D eigenvalue weighted by molar-refractivity contribution is 0.0543. The number of imide groups is 1. The highest BCUT2D eigenvalue weighted by atomic mass is 16.2. The van der Waals surface area contributed by atoms with Crippen molar-refractivity contribution in [3.63, 3.8) is 0 Å². The average Bonchev–Trinajstić information content (AvgIpc) is 3.08. The van der Waals surface area contributed by atoms with Crippen molar-refractivity contribution < 1.29 is 9.59 Å². The van der Waals surface area contributed by atoms with E-state index in [0.717, 1.165) is 12.3 Å². The van der Waals surface area contributed by atoms with Crippen LogP contribution >= 0.6 is 0 Å². The van der Waals surface area contributed by atoms with E-state index in [9.17, 15) is 9.59 Å². The molecular formula is C16H17NO2. The van der Waals surface area contributed by atoms with Crippen molar-refractivity contribution in [2.45, 2.75) is 38.1 Å². The maximum Gasteiger partial charge on any atom is 0.261 e. The number of amides is 2. The Hall–Kier alpha value is -1.64. The van der Waals surface area contributed by atoms with E-state index in [1.807, 2.05) is 12.1 Å². The molecule has 1 aliphatic heterocycles. The highest BCUT2D eigenvalue weighted by Gasteiger charge is 2.48. The summed E-state index contributed by atoms with van der Waals surface area (Å²) < 4.78 is 0. The molecule has 2 amide bonds. The third-order valence-corrected chi connectivity index (χ3v) is 5.20. The summed E-state index contributed by atoms with van der Waals surface area (Å²) in [7, 11) is 0. The number of hydrogen-bond acceptors (Lipinski definition) is 2. The quantitative estimate of drug-likeness (QED) is 0.724. The molecule has 19 heavy (non-hydrogen) atoms. The molecule has 2 fully saturated rings. The van der Waals surface area contributed by atoms with Crippen molar-refractivity contribution >= 4 is 11.8 Å². The van der Waals surface area contributed by atoms with Gasteiger partial charge in [0.1, 0.15) is 0 Å². The second-order valence-electron chi connectivity index (χ2n) is 6.03. The van der Waals surface area contributed by atoms with E-state index in [4.69, 9.17) is 0 Å². The number of carbonyl (C=O) groups is 2. The first-order chi connectivity index (χ1) is 9.27. The maximum absolute atomic E-state index is 12.5. The van der Waals surface area contributed by atoms with Crippen LogP contribution in [0.25, 0.3) is 0 Å². The SMILES string of the molecule is O=C1c2ccccc2C(=O)N1[C@@H]1CC[C@@H]2CCC[C@@H]21. The van der Waals surface area contributed by atoms with Gasteiger partial charge in [-0.25, -0.2) is 0 Å². The molecule has 0 radical (unpaired) electrons. The summed E-state index contributed by atoms with van der Waals surface area (Å²) in [5.74, 6) is 1.16. The normalized spacial score (nSPS) is 32.8. The van der Waals surface area contributed by atoms with Crippen LogP contribution in [0.4, 0.5) is 0 Å². The van der Waals surface area contributed by atoms with E-state index in [0.29, 0.717) is 17.0 Å². The summed E-state index contributed by atoms with van der Waals surface area (Å²) in [6.07, 6.45) is 5.91. The third kappa shape index (κ3) is 1.44. The van der Waals surface area contributed by atoms with Crippen LogP contribution in [0.1, 0.15) is 52.8 Å². The van der Waals surface area contributed by atoms with Crippen LogP contribution in [-0.4, -0.2) is 22.8 Å². The first-order valence-electron chi connectivity index (χ1n) is 7.24. The Bertz CT molecular complexity index is 531. The topological polar surface area (TPSA) is 37.4 Å². The second kappa shape index (κ2) is 3.92. The Morgan fingerprint density at radius 1 is 0.895 bits per heavy atom. The van der Waals surface area contributed by atoms with Gasteiger partial charge in [-0.2, -0.15) is 0 Å². The summed E-state index contributed by atoms with van der Waals surface area (Å²) in [5.41, 5.74) is 1.18. The van der Waals surface area contributed by atoms with Crippen LogP contribution in [-0.2, 0) is 0 Å². The molecule has 0 unspecified atom stereocenters. The Balaban J connectivity index is 1.71. The van der Waals surface area contributed by atoms with Crippen LogP contribution in [0.5, 0.6) is 0 Å². The van der Waals surface area contributed by atoms with E-state index in [-0.39, 0.29) is 17.9 Å². The largest absolute Gasteiger partial charge is 0.271 e. The van der Waals surface area contributed by atoms with Gasteiger partial charge in [0.2, 0.25) is 0 Å². The van der Waals surface area contributed by atoms with E-state index in [1.165, 1.54) is 25.7 Å². The van der Waals surface area contributed by atoms with Crippen molar-refractivity contribution in [2.75, 3.05) is 0 Å². The van der Waals surface area contributed by atoms with Gasteiger partial charge in [0.15, 0.2) is 0 Å². The van der Waals surface area contributed by atoms with Crippen LogP contribution < -0.4 is 0 Å². The number of nitrogens with zero attached hydrogens (tertiary/aromatic N) is 1. The van der Waals surface area contributed by atoms with Crippen LogP contribution in [0, 0.1) is 11.8 Å². The lowest BCUT2D eigenvalue weighted by atomic mass is 9.96. The van der Waals surface area contributed by atoms with Crippen molar-refractivity contribution in [3.05, 3.63) is 35.4 Å². The zero-order valence-corrected chi connectivity index (χ0v) is 10.8. The Labute approximate surface area is 112 Å². The molecule has 0 N–H and O–H groups in total. The van der Waals surface area contributed by atoms with Gasteiger partial charge < -0.3 is 0 Å². The summed E-state index contributed by atoms with van der Waals surface area (Å²) in [6, 6.07) is 7.37. The molecule has 3 heteroatoms. The molecule has 98 valence electrons. The monoisotopic (exact) mass is 255 g/mol. The molecule has 0 bridgehead atoms. The molecule has 0 aromatic heterocycles. The molecule has 1 heterocycles. The zero-order chi connectivity index (χ0) is 13.0. The summed E-state index contributed by atoms with van der Waals surface area (Å²) in [6.45, 7) is 0. The summed E-state index contributed by atoms with van der Waals surface area (Å²) in [5, 5.41) is 0. The summed E-state index contributed by atoms with van der Waals surface area (Å²) >= 11 is 0. The minimum absolute atomic E-state index is 0.0712. The highest BCUT2D eigenvalue weighted by molar-refractivity contribution is 6.21. The van der Waals surface area contributed by atoms with E-state index < -0.39 is 0 Å². The number of carbonyl (C=O) groups excluding carboxylic acids is 2. The standard InChI is InChI=1S/C16H17NO2/c18-15-12-5-1-2-6-13(12)16(19)17(15)14-9-8-10-4-3-7-11(10)14/h1-2,5-6,10-11,14H,3-4,7-9H2/t10-,11-,14+/m0/s1. The molecule has 0 spiro atoms. The molecular weight excluding hydrogens is 238 g/mol. The molecule has 3 nitrogen and oxygen atoms in total. The fourth-order valence-electron chi connectivity index (χ4n) is 4.36. The van der Waals surface area contributed by atoms with Crippen molar-refractivity contribution in [2.24, 2.45) is 11.8 Å². The number of fused-ring (bicyclic) bond motifs is 2. The lowest BCUT2D eigenvalue weighted by Crippen LogP contribution is -2.42. The van der Waals surface area contributed by atoms with Gasteiger partial charge in [-0.05, 0) is 43.2 Å². The zero-order valence-electron chi connectivity index (χ0n) is 10.8. The second-order valence-corrected chi connectivity index (χ2v) is 6.03. The minimum Gasteiger partial charge on any atom is -0.271 e. The van der Waals surface area contributed by atoms with Crippen molar-refractivity contribution in [3.8, 4) is 0 Å². The minimum atomic E-state index is -0.0712. The Morgan fingerprint density at radius 2 is 1.58 bits per heavy atom. The van der Waals surface area contributed by atoms with E-state index in [1.54, 1.807) is 17.0 Å². The smallest absolute Gasteiger partial charge is 0.261 e. The fraction of sp³-hybridized carbons (Fsp3) is 0.500. The molecule has 1 aromatic rings. The van der Waals surface area contributed by atoms with Crippen LogP contribution in [0.2, 0.25) is 0 Å². The predicted molar refractivity (Wildman–Crippen MR) is 70.8 cm³/mol. The highest BCUT2D eigenvalue weighted by Crippen LogP contribution is 2.47. The average molecular weight is 255 g/mol. The lowest BCUT2D eigenvalue weighted by Gasteiger charge is -2.27. The number of rotatable bonds is 1. The first kappa shape index (κ1) is 11.2. The van der Waals surface area contributed by atoms with Gasteiger partial charge in [-0.3, -0.25) is 14.5 Å². The summed E-state index contributed by atoms with van der Waals surface area (Å²) in [4.78, 5) is 26.5. The van der Waals surface area contributed by atoms with Crippen LogP contribution in [0.15, 0.2) is 24.3 Å². The maximum atomic E-state index is 12.5. The van der Waals surface area contributed by atoms with E-state index >= 15 is 0 Å². The van der Waals surface area contributed by atoms with Gasteiger partial charge in [0.05, 0.1) is 11.1 Å². The van der Waals surface area contributed by atoms with Crippen LogP contribution in [0.3, 0.4) is 0 Å². The van der Waals surface area contributed by atoms with E-state index in [2.05, 4.69) is 0 Å². The van der Waals surface area contributed by atoms with Gasteiger partial charge in [0, 0.05) is 6.04 Å². The Morgan fingerprint density at radius 3 is 2.26 bits per heavy atom. The molecule has 4 rings (SSSR count). The number of benzene rings is 1. The van der Waals surface area contributed by atoms with Gasteiger partial charge in [-0.1, -0.05) is 25.0 Å². The van der Waals surface area contributed by atoms with Crippen molar-refractivity contribution in [1.82, 2.24) is 4.90 Å². The molecule has 3 atom stereocenters. The van der Waals surface area contributed by atoms with Gasteiger partial charge in [-0.15, -0.1) is 0 Å². The Kier molecular flexibility index (Phi) is 2.32. The molecule has 2 aliphatic carbocycles. The number of hydrogen-bond donors (Lipinski definition) is 0. The third-order valence-electron chi connectivity index (χ3n) is 5.20. The molecule has 0 saturated heterocycles. The molecule has 2 saturated carbocycles. The van der Waals surface area contributed by atoms with Gasteiger partial charge >= 0.3 is 0 Å². The van der Waals surface area contributed by atoms with Crippen molar-refractivity contribution in [1.29, 1.82) is 0 Å². The first-order valence-corrected chi connectivity index (χ1v) is 7.24. The molecule has 1 aromatic carbocycles. The molecule has 3 aliphatic rings.